The van der Waals surface area contributed by atoms with E-state index in [1.165, 1.54) is 11.3 Å². The lowest BCUT2D eigenvalue weighted by Crippen LogP contribution is -2.25. The number of aromatic nitrogens is 2. The largest absolute Gasteiger partial charge is 0.309 e. The first-order valence-electron chi connectivity index (χ1n) is 6.27. The van der Waals surface area contributed by atoms with Crippen LogP contribution in [0.1, 0.15) is 24.2 Å². The summed E-state index contributed by atoms with van der Waals surface area (Å²) in [6, 6.07) is 8.72. The number of likely N-dealkylation sites (N-methyl/N-ethyl adjacent to an activating group) is 1. The zero-order chi connectivity index (χ0) is 13.8. The molecule has 19 heavy (non-hydrogen) atoms. The molecule has 0 spiro atoms. The van der Waals surface area contributed by atoms with Crippen LogP contribution >= 0.6 is 31.9 Å². The average molecular weight is 387 g/mol. The summed E-state index contributed by atoms with van der Waals surface area (Å²) in [6.07, 6.45) is 2.79. The van der Waals surface area contributed by atoms with Gasteiger partial charge >= 0.3 is 0 Å². The van der Waals surface area contributed by atoms with E-state index in [-0.39, 0.29) is 6.04 Å². The summed E-state index contributed by atoms with van der Waals surface area (Å²) >= 11 is 7.05. The van der Waals surface area contributed by atoms with Crippen LogP contribution < -0.4 is 5.32 Å². The van der Waals surface area contributed by atoms with E-state index in [0.29, 0.717) is 0 Å². The minimum atomic E-state index is 0.257. The van der Waals surface area contributed by atoms with Gasteiger partial charge < -0.3 is 5.32 Å². The molecule has 102 valence electrons. The molecule has 1 N–H and O–H groups in total. The second-order valence-electron chi connectivity index (χ2n) is 4.44. The molecule has 2 aromatic rings. The lowest BCUT2D eigenvalue weighted by molar-refractivity contribution is 0.506. The van der Waals surface area contributed by atoms with Crippen molar-refractivity contribution < 1.29 is 0 Å². The predicted octanol–water partition coefficient (Wildman–Crippen LogP) is 3.84. The van der Waals surface area contributed by atoms with Crippen molar-refractivity contribution in [2.75, 3.05) is 6.54 Å². The smallest absolute Gasteiger partial charge is 0.0695 e. The molecule has 1 aromatic heterocycles. The van der Waals surface area contributed by atoms with Crippen LogP contribution in [-0.4, -0.2) is 16.3 Å². The van der Waals surface area contributed by atoms with Crippen molar-refractivity contribution in [1.82, 2.24) is 15.1 Å². The summed E-state index contributed by atoms with van der Waals surface area (Å²) in [7, 11) is 1.98. The van der Waals surface area contributed by atoms with Crippen molar-refractivity contribution in [3.05, 3.63) is 50.7 Å². The van der Waals surface area contributed by atoms with E-state index in [4.69, 9.17) is 0 Å². The van der Waals surface area contributed by atoms with Gasteiger partial charge in [0.25, 0.3) is 0 Å². The standard InChI is InChI=1S/C14H17Br2N3/c1-3-17-13(14-12(16)9-18-19(14)2)8-10-4-6-11(15)7-5-10/h4-7,9,13,17H,3,8H2,1-2H3. The van der Waals surface area contributed by atoms with Crippen molar-refractivity contribution in [3.8, 4) is 0 Å². The number of halogens is 2. The van der Waals surface area contributed by atoms with Gasteiger partial charge in [0.1, 0.15) is 0 Å². The number of rotatable bonds is 5. The Morgan fingerprint density at radius 2 is 1.95 bits per heavy atom. The second kappa shape index (κ2) is 6.68. The monoisotopic (exact) mass is 385 g/mol. The summed E-state index contributed by atoms with van der Waals surface area (Å²) in [6.45, 7) is 3.05. The molecular weight excluding hydrogens is 370 g/mol. The molecule has 0 saturated heterocycles. The molecule has 0 bridgehead atoms. The Labute approximate surface area is 130 Å². The number of benzene rings is 1. The molecule has 1 atom stereocenters. The third kappa shape index (κ3) is 3.68. The summed E-state index contributed by atoms with van der Waals surface area (Å²) in [5.41, 5.74) is 2.49. The van der Waals surface area contributed by atoms with Gasteiger partial charge in [0, 0.05) is 11.5 Å². The summed E-state index contributed by atoms with van der Waals surface area (Å²) in [5, 5.41) is 7.82. The lowest BCUT2D eigenvalue weighted by Gasteiger charge is -2.19. The first-order chi connectivity index (χ1) is 9.11. The zero-order valence-electron chi connectivity index (χ0n) is 11.0. The minimum absolute atomic E-state index is 0.257. The van der Waals surface area contributed by atoms with Crippen LogP contribution in [0.3, 0.4) is 0 Å². The molecular formula is C14H17Br2N3. The van der Waals surface area contributed by atoms with Crippen LogP contribution in [-0.2, 0) is 13.5 Å². The number of hydrogen-bond donors (Lipinski definition) is 1. The number of hydrogen-bond acceptors (Lipinski definition) is 2. The Morgan fingerprint density at radius 1 is 1.26 bits per heavy atom. The fourth-order valence-electron chi connectivity index (χ4n) is 2.18. The van der Waals surface area contributed by atoms with Gasteiger partial charge in [0.15, 0.2) is 0 Å². The van der Waals surface area contributed by atoms with Gasteiger partial charge in [-0.1, -0.05) is 35.0 Å². The molecule has 1 heterocycles. The first-order valence-corrected chi connectivity index (χ1v) is 7.85. The summed E-state index contributed by atoms with van der Waals surface area (Å²) in [5.74, 6) is 0. The summed E-state index contributed by atoms with van der Waals surface area (Å²) < 4.78 is 4.09. The highest BCUT2D eigenvalue weighted by molar-refractivity contribution is 9.10. The molecule has 0 aliphatic heterocycles. The van der Waals surface area contributed by atoms with Gasteiger partial charge in [-0.25, -0.2) is 0 Å². The van der Waals surface area contributed by atoms with Gasteiger partial charge in [0.2, 0.25) is 0 Å². The maximum Gasteiger partial charge on any atom is 0.0695 e. The van der Waals surface area contributed by atoms with E-state index in [0.717, 1.165) is 21.9 Å². The van der Waals surface area contributed by atoms with E-state index in [2.05, 4.69) is 73.5 Å². The normalized spacial score (nSPS) is 12.6. The predicted molar refractivity (Wildman–Crippen MR) is 85.2 cm³/mol. The maximum atomic E-state index is 4.30. The van der Waals surface area contributed by atoms with E-state index in [1.807, 2.05) is 17.9 Å². The van der Waals surface area contributed by atoms with Crippen molar-refractivity contribution in [1.29, 1.82) is 0 Å². The molecule has 0 amide bonds. The zero-order valence-corrected chi connectivity index (χ0v) is 14.2. The van der Waals surface area contributed by atoms with Gasteiger partial charge in [-0.15, -0.1) is 0 Å². The highest BCUT2D eigenvalue weighted by atomic mass is 79.9. The molecule has 0 aliphatic rings. The van der Waals surface area contributed by atoms with Crippen molar-refractivity contribution >= 4 is 31.9 Å². The van der Waals surface area contributed by atoms with Crippen LogP contribution in [0.2, 0.25) is 0 Å². The number of nitrogens with one attached hydrogen (secondary N) is 1. The van der Waals surface area contributed by atoms with Crippen LogP contribution in [0.15, 0.2) is 39.4 Å². The minimum Gasteiger partial charge on any atom is -0.309 e. The molecule has 3 nitrogen and oxygen atoms in total. The van der Waals surface area contributed by atoms with Crippen molar-refractivity contribution in [2.24, 2.45) is 7.05 Å². The van der Waals surface area contributed by atoms with Gasteiger partial charge in [-0.2, -0.15) is 5.10 Å². The Balaban J connectivity index is 2.23. The molecule has 2 rings (SSSR count). The fraction of sp³-hybridized carbons (Fsp3) is 0.357. The molecule has 0 radical (unpaired) electrons. The third-order valence-corrected chi connectivity index (χ3v) is 4.21. The number of aryl methyl sites for hydroxylation is 1. The molecule has 1 unspecified atom stereocenters. The molecule has 0 saturated carbocycles. The molecule has 1 aromatic carbocycles. The molecule has 5 heteroatoms. The van der Waals surface area contributed by atoms with Crippen LogP contribution in [0.25, 0.3) is 0 Å². The first kappa shape index (κ1) is 14.8. The SMILES string of the molecule is CCNC(Cc1ccc(Br)cc1)c1c(Br)cnn1C. The average Bonchev–Trinajstić information content (AvgIpc) is 2.71. The highest BCUT2D eigenvalue weighted by Gasteiger charge is 2.18. The van der Waals surface area contributed by atoms with E-state index in [9.17, 15) is 0 Å². The van der Waals surface area contributed by atoms with Crippen molar-refractivity contribution in [2.45, 2.75) is 19.4 Å². The van der Waals surface area contributed by atoms with Crippen LogP contribution in [0.5, 0.6) is 0 Å². The Kier molecular flexibility index (Phi) is 5.19. The highest BCUT2D eigenvalue weighted by Crippen LogP contribution is 2.26. The van der Waals surface area contributed by atoms with Crippen LogP contribution in [0.4, 0.5) is 0 Å². The Morgan fingerprint density at radius 3 is 2.47 bits per heavy atom. The number of nitrogens with zero attached hydrogens (tertiary/aromatic N) is 2. The molecule has 0 fully saturated rings. The Bertz CT molecular complexity index is 515. The molecule has 0 aliphatic carbocycles. The van der Waals surface area contributed by atoms with E-state index in [1.54, 1.807) is 0 Å². The van der Waals surface area contributed by atoms with Gasteiger partial charge in [-0.3, -0.25) is 4.68 Å². The van der Waals surface area contributed by atoms with Gasteiger partial charge in [-0.05, 0) is 46.6 Å². The van der Waals surface area contributed by atoms with Gasteiger partial charge in [0.05, 0.1) is 22.4 Å². The Hall–Kier alpha value is -0.650. The fourth-order valence-corrected chi connectivity index (χ4v) is 3.07. The third-order valence-electron chi connectivity index (χ3n) is 3.07. The topological polar surface area (TPSA) is 29.9 Å². The van der Waals surface area contributed by atoms with E-state index < -0.39 is 0 Å². The van der Waals surface area contributed by atoms with Crippen LogP contribution in [0, 0.1) is 0 Å². The van der Waals surface area contributed by atoms with E-state index >= 15 is 0 Å². The van der Waals surface area contributed by atoms with Crippen molar-refractivity contribution in [3.63, 3.8) is 0 Å². The lowest BCUT2D eigenvalue weighted by atomic mass is 10.0. The maximum absolute atomic E-state index is 4.30. The summed E-state index contributed by atoms with van der Waals surface area (Å²) in [4.78, 5) is 0. The quantitative estimate of drug-likeness (QED) is 0.845. The second-order valence-corrected chi connectivity index (χ2v) is 6.21.